The van der Waals surface area contributed by atoms with Gasteiger partial charge in [-0.1, -0.05) is 32.4 Å². The van der Waals surface area contributed by atoms with Gasteiger partial charge in [-0.2, -0.15) is 13.2 Å². The van der Waals surface area contributed by atoms with E-state index in [1.807, 2.05) is 29.8 Å². The summed E-state index contributed by atoms with van der Waals surface area (Å²) in [5, 5.41) is 8.41. The van der Waals surface area contributed by atoms with Gasteiger partial charge in [0, 0.05) is 32.0 Å². The van der Waals surface area contributed by atoms with Crippen LogP contribution in [0.5, 0.6) is 0 Å². The molecule has 10 heteroatoms. The summed E-state index contributed by atoms with van der Waals surface area (Å²) in [7, 11) is 1.91. The molecule has 0 spiro atoms. The Hall–Kier alpha value is -3.27. The zero-order valence-electron chi connectivity index (χ0n) is 21.7. The van der Waals surface area contributed by atoms with E-state index in [-0.39, 0.29) is 16.8 Å². The maximum absolute atomic E-state index is 14.1. The largest absolute Gasteiger partial charge is 0.418 e. The minimum Gasteiger partial charge on any atom is -0.298 e. The molecule has 3 aromatic rings. The highest BCUT2D eigenvalue weighted by Crippen LogP contribution is 2.46. The Labute approximate surface area is 218 Å². The van der Waals surface area contributed by atoms with Crippen LogP contribution in [0.4, 0.5) is 13.2 Å². The molecule has 2 aliphatic heterocycles. The van der Waals surface area contributed by atoms with Crippen molar-refractivity contribution in [1.82, 2.24) is 13.9 Å². The summed E-state index contributed by atoms with van der Waals surface area (Å²) in [6.45, 7) is 6.25. The van der Waals surface area contributed by atoms with Crippen LogP contribution in [-0.2, 0) is 12.7 Å². The molecule has 4 heterocycles. The second-order valence-corrected chi connectivity index (χ2v) is 11.7. The lowest BCUT2D eigenvalue weighted by molar-refractivity contribution is -0.480. The van der Waals surface area contributed by atoms with Crippen molar-refractivity contribution in [2.45, 2.75) is 51.7 Å². The van der Waals surface area contributed by atoms with Crippen LogP contribution in [0.25, 0.3) is 11.2 Å². The molecule has 1 atom stereocenters. The van der Waals surface area contributed by atoms with Gasteiger partial charge in [-0.25, -0.2) is 9.37 Å². The van der Waals surface area contributed by atoms with Crippen LogP contribution in [-0.4, -0.2) is 44.9 Å². The number of hydrogen-bond acceptors (Lipinski definition) is 4. The molecule has 1 aromatic carbocycles. The number of alkyl halides is 3. The van der Waals surface area contributed by atoms with Gasteiger partial charge >= 0.3 is 24.4 Å². The van der Waals surface area contributed by atoms with Gasteiger partial charge in [-0.15, -0.1) is 0 Å². The van der Waals surface area contributed by atoms with Gasteiger partial charge in [-0.05, 0) is 58.6 Å². The molecule has 1 radical (unpaired) electrons. The highest BCUT2D eigenvalue weighted by Gasteiger charge is 2.42. The summed E-state index contributed by atoms with van der Waals surface area (Å²) < 4.78 is 46.8. The molecule has 1 saturated carbocycles. The van der Waals surface area contributed by atoms with E-state index in [0.29, 0.717) is 23.7 Å². The molecule has 0 amide bonds. The van der Waals surface area contributed by atoms with Crippen LogP contribution >= 0.6 is 0 Å². The first-order chi connectivity index (χ1) is 18.0. The summed E-state index contributed by atoms with van der Waals surface area (Å²) in [6, 6.07) is 8.69. The van der Waals surface area contributed by atoms with E-state index >= 15 is 0 Å². The van der Waals surface area contributed by atoms with Crippen LogP contribution in [0.1, 0.15) is 55.7 Å². The lowest BCUT2D eigenvalue weighted by atomic mass is 9.71. The Kier molecular flexibility index (Phi) is 5.86. The summed E-state index contributed by atoms with van der Waals surface area (Å²) >= 11 is 0. The van der Waals surface area contributed by atoms with Gasteiger partial charge in [0.05, 0.1) is 34.8 Å². The Bertz CT molecular complexity index is 1500. The normalized spacial score (nSPS) is 20.9. The number of imidazole rings is 1. The third-order valence-corrected chi connectivity index (χ3v) is 7.99. The number of aromatic nitrogens is 2. The van der Waals surface area contributed by atoms with Crippen molar-refractivity contribution in [3.05, 3.63) is 76.1 Å². The highest BCUT2D eigenvalue weighted by molar-refractivity contribution is 5.58. The zero-order chi connectivity index (χ0) is 26.8. The molecule has 3 aliphatic rings. The molecule has 0 unspecified atom stereocenters. The van der Waals surface area contributed by atoms with Crippen molar-refractivity contribution < 1.29 is 17.7 Å². The van der Waals surface area contributed by atoms with Crippen LogP contribution in [0.15, 0.2) is 57.7 Å². The Balaban J connectivity index is 1.41. The van der Waals surface area contributed by atoms with Crippen molar-refractivity contribution in [2.24, 2.45) is 21.6 Å². The van der Waals surface area contributed by atoms with E-state index in [0.717, 1.165) is 48.5 Å². The van der Waals surface area contributed by atoms with Gasteiger partial charge in [0.2, 0.25) is 0 Å². The lowest BCUT2D eigenvalue weighted by Gasteiger charge is -2.46. The van der Waals surface area contributed by atoms with E-state index in [4.69, 9.17) is 0 Å². The average Bonchev–Trinajstić information content (AvgIpc) is 3.37. The maximum atomic E-state index is 14.1. The van der Waals surface area contributed by atoms with Gasteiger partial charge in [0.25, 0.3) is 0 Å². The van der Waals surface area contributed by atoms with E-state index in [1.165, 1.54) is 16.8 Å². The first kappa shape index (κ1) is 25.0. The molecule has 7 nitrogen and oxygen atoms in total. The number of benzene rings is 1. The predicted octanol–water partition coefficient (Wildman–Crippen LogP) is 5.46. The molecule has 1 aliphatic carbocycles. The molecular formula is C28H31F3N6O+. The third kappa shape index (κ3) is 4.38. The quantitative estimate of drug-likeness (QED) is 0.402. The van der Waals surface area contributed by atoms with Crippen molar-refractivity contribution in [1.29, 1.82) is 0 Å². The minimum atomic E-state index is -4.59. The number of fused-ring (bicyclic) bond motifs is 1. The number of likely N-dealkylation sites (N-methyl/N-ethyl adjacent to an activating group) is 1. The van der Waals surface area contributed by atoms with E-state index in [2.05, 4.69) is 29.0 Å². The maximum Gasteiger partial charge on any atom is 0.418 e. The Morgan fingerprint density at radius 3 is 2.53 bits per heavy atom. The van der Waals surface area contributed by atoms with Crippen molar-refractivity contribution in [3.8, 4) is 5.69 Å². The van der Waals surface area contributed by atoms with Crippen LogP contribution in [0.2, 0.25) is 0 Å². The molecular weight excluding hydrogens is 493 g/mol. The Morgan fingerprint density at radius 2 is 1.92 bits per heavy atom. The molecule has 199 valence electrons. The van der Waals surface area contributed by atoms with Crippen LogP contribution in [0, 0.1) is 17.5 Å². The fraction of sp³-hybridized carbons (Fsp3) is 0.464. The Morgan fingerprint density at radius 1 is 1.16 bits per heavy atom. The predicted molar refractivity (Wildman–Crippen MR) is 137 cm³/mol. The van der Waals surface area contributed by atoms with Crippen LogP contribution < -0.4 is 5.69 Å². The van der Waals surface area contributed by atoms with Gasteiger partial charge < -0.3 is 0 Å². The molecule has 2 aromatic heterocycles. The van der Waals surface area contributed by atoms with Gasteiger partial charge in [0.15, 0.2) is 0 Å². The van der Waals surface area contributed by atoms with E-state index in [9.17, 15) is 18.0 Å². The van der Waals surface area contributed by atoms with Crippen LogP contribution in [0.3, 0.4) is 0 Å². The standard InChI is InChI=1S/C28H31F3N6O/c1-27(2)15-35(16-27)12-18-10-22(28(29,30)31)23-14-36(26(38)37(23)13-18)21-9-5-8-20(11-21)24(19-6-4-7-19)25-33-32-17-34(25)3/h5,8-11,13-14,17,19,24H,4,6-7,12,15-16H2,1-3H3/q+1/t24-/m1/s1. The van der Waals surface area contributed by atoms with E-state index in [1.54, 1.807) is 18.6 Å². The summed E-state index contributed by atoms with van der Waals surface area (Å²) in [5.74, 6) is 0.408. The second kappa shape index (κ2) is 8.90. The SMILES string of the molecule is C[N+]1=CN=N[C]1[C@@H](c1cccc(-n2cc3c(C(F)(F)F)cc(CN4CC(C)(C)C4)cn3c2=O)c1)C1CCC1. The molecule has 0 N–H and O–H groups in total. The molecule has 38 heavy (non-hydrogen) atoms. The molecule has 0 bridgehead atoms. The first-order valence-electron chi connectivity index (χ1n) is 13.0. The van der Waals surface area contributed by atoms with E-state index < -0.39 is 17.4 Å². The number of azo groups is 1. The second-order valence-electron chi connectivity index (χ2n) is 11.7. The molecule has 1 saturated heterocycles. The van der Waals surface area contributed by atoms with Gasteiger partial charge in [0.1, 0.15) is 0 Å². The number of rotatable bonds is 6. The number of hydrogen-bond donors (Lipinski definition) is 0. The smallest absolute Gasteiger partial charge is 0.298 e. The summed E-state index contributed by atoms with van der Waals surface area (Å²) in [5.41, 5.74) is 0.667. The fourth-order valence-corrected chi connectivity index (χ4v) is 6.13. The topological polar surface area (TPSA) is 57.4 Å². The summed E-state index contributed by atoms with van der Waals surface area (Å²) in [4.78, 5) is 15.6. The fourth-order valence-electron chi connectivity index (χ4n) is 6.13. The van der Waals surface area contributed by atoms with Crippen molar-refractivity contribution in [3.63, 3.8) is 0 Å². The molecule has 2 fully saturated rings. The first-order valence-corrected chi connectivity index (χ1v) is 13.0. The van der Waals surface area contributed by atoms with Gasteiger partial charge in [-0.3, -0.25) is 13.9 Å². The third-order valence-electron chi connectivity index (χ3n) is 7.99. The highest BCUT2D eigenvalue weighted by atomic mass is 19.4. The average molecular weight is 525 g/mol. The number of nitrogens with zero attached hydrogens (tertiary/aromatic N) is 6. The van der Waals surface area contributed by atoms with Crippen molar-refractivity contribution in [2.75, 3.05) is 20.1 Å². The zero-order valence-corrected chi connectivity index (χ0v) is 21.7. The number of likely N-dealkylation sites (tertiary alicyclic amines) is 1. The molecule has 6 rings (SSSR count). The van der Waals surface area contributed by atoms with Crippen molar-refractivity contribution >= 4 is 11.9 Å². The summed E-state index contributed by atoms with van der Waals surface area (Å²) in [6.07, 6.45) is 4.09. The number of halogens is 3. The monoisotopic (exact) mass is 524 g/mol. The number of pyridine rings is 1. The lowest BCUT2D eigenvalue weighted by Crippen LogP contribution is -2.52. The minimum absolute atomic E-state index is 0.00190.